The normalized spacial score (nSPS) is 17.6. The van der Waals surface area contributed by atoms with Gasteiger partial charge in [-0.15, -0.1) is 0 Å². The molecule has 0 aliphatic carbocycles. The molecule has 1 N–H and O–H groups in total. The highest BCUT2D eigenvalue weighted by Gasteiger charge is 2.32. The van der Waals surface area contributed by atoms with E-state index in [0.29, 0.717) is 12.2 Å². The number of aliphatic carboxylic acids is 1. The minimum Gasteiger partial charge on any atom is -0.479 e. The fraction of sp³-hybridized carbons (Fsp3) is 0.250. The lowest BCUT2D eigenvalue weighted by Gasteiger charge is -2.21. The lowest BCUT2D eigenvalue weighted by molar-refractivity contribution is -0.140. The zero-order chi connectivity index (χ0) is 15.1. The van der Waals surface area contributed by atoms with Crippen LogP contribution in [-0.4, -0.2) is 39.0 Å². The van der Waals surface area contributed by atoms with E-state index in [2.05, 4.69) is 0 Å². The van der Waals surface area contributed by atoms with Crippen LogP contribution in [0.1, 0.15) is 16.1 Å². The summed E-state index contributed by atoms with van der Waals surface area (Å²) in [6.45, 7) is 2.32. The summed E-state index contributed by atoms with van der Waals surface area (Å²) in [7, 11) is 1.83. The zero-order valence-corrected chi connectivity index (χ0v) is 11.9. The summed E-state index contributed by atoms with van der Waals surface area (Å²) in [6.07, 6.45) is 3.26. The zero-order valence-electron chi connectivity index (χ0n) is 11.9. The third kappa shape index (κ3) is 2.01. The summed E-state index contributed by atoms with van der Waals surface area (Å²) in [4.78, 5) is 25.2. The van der Waals surface area contributed by atoms with Gasteiger partial charge in [0.1, 0.15) is 11.7 Å². The number of rotatable bonds is 2. The van der Waals surface area contributed by atoms with Crippen LogP contribution < -0.4 is 0 Å². The first kappa shape index (κ1) is 13.4. The second kappa shape index (κ2) is 4.77. The van der Waals surface area contributed by atoms with E-state index in [1.165, 1.54) is 4.90 Å². The summed E-state index contributed by atoms with van der Waals surface area (Å²) in [5.41, 5.74) is 2.57. The van der Waals surface area contributed by atoms with Crippen LogP contribution in [0.25, 0.3) is 10.9 Å². The molecule has 0 saturated carbocycles. The molecular weight excluding hydrogens is 268 g/mol. The minimum atomic E-state index is -1.01. The number of benzene rings is 1. The number of amides is 1. The third-order valence-corrected chi connectivity index (χ3v) is 3.99. The maximum Gasteiger partial charge on any atom is 0.330 e. The van der Waals surface area contributed by atoms with Crippen LogP contribution in [-0.2, 0) is 11.8 Å². The Morgan fingerprint density at radius 3 is 2.76 bits per heavy atom. The molecule has 0 radical (unpaired) electrons. The summed E-state index contributed by atoms with van der Waals surface area (Å²) in [5.74, 6) is -1.27. The smallest absolute Gasteiger partial charge is 0.330 e. The molecule has 3 rings (SSSR count). The first-order valence-electron chi connectivity index (χ1n) is 6.76. The molecular formula is C16H16N2O3. The molecule has 1 aromatic carbocycles. The second-order valence-electron chi connectivity index (χ2n) is 5.27. The number of fused-ring (bicyclic) bond motifs is 1. The van der Waals surface area contributed by atoms with E-state index < -0.39 is 12.0 Å². The van der Waals surface area contributed by atoms with Crippen LogP contribution in [0, 0.1) is 6.92 Å². The van der Waals surface area contributed by atoms with Crippen molar-refractivity contribution in [1.82, 2.24) is 9.47 Å². The molecule has 5 heteroatoms. The Morgan fingerprint density at radius 1 is 1.33 bits per heavy atom. The van der Waals surface area contributed by atoms with Crippen molar-refractivity contribution in [3.8, 4) is 0 Å². The number of carbonyl (C=O) groups is 2. The minimum absolute atomic E-state index is 0.259. The number of carboxylic acids is 1. The average Bonchev–Trinajstić information content (AvgIpc) is 3.05. The molecule has 2 aromatic rings. The van der Waals surface area contributed by atoms with E-state index in [0.717, 1.165) is 16.5 Å². The summed E-state index contributed by atoms with van der Waals surface area (Å²) in [6, 6.07) is 6.86. The van der Waals surface area contributed by atoms with Gasteiger partial charge in [0.05, 0.1) is 0 Å². The molecule has 0 bridgehead atoms. The fourth-order valence-electron chi connectivity index (χ4n) is 2.81. The maximum absolute atomic E-state index is 12.7. The Hall–Kier alpha value is -2.56. The number of nitrogens with zero attached hydrogens (tertiary/aromatic N) is 2. The highest BCUT2D eigenvalue weighted by atomic mass is 16.4. The van der Waals surface area contributed by atoms with Gasteiger partial charge < -0.3 is 14.6 Å². The molecule has 0 unspecified atom stereocenters. The van der Waals surface area contributed by atoms with Gasteiger partial charge >= 0.3 is 5.97 Å². The van der Waals surface area contributed by atoms with Gasteiger partial charge in [-0.1, -0.05) is 24.3 Å². The Balaban J connectivity index is 2.05. The molecule has 108 valence electrons. The van der Waals surface area contributed by atoms with E-state index in [9.17, 15) is 14.7 Å². The predicted octanol–water partition coefficient (Wildman–Crippen LogP) is 1.95. The van der Waals surface area contributed by atoms with Crippen molar-refractivity contribution >= 4 is 22.8 Å². The Bertz CT molecular complexity index is 773. The second-order valence-corrected chi connectivity index (χ2v) is 5.27. The Labute approximate surface area is 122 Å². The lowest BCUT2D eigenvalue weighted by Crippen LogP contribution is -2.41. The summed E-state index contributed by atoms with van der Waals surface area (Å²) in [5, 5.41) is 10.2. The molecule has 21 heavy (non-hydrogen) atoms. The van der Waals surface area contributed by atoms with E-state index in [1.54, 1.807) is 12.2 Å². The molecule has 2 heterocycles. The van der Waals surface area contributed by atoms with E-state index in [4.69, 9.17) is 0 Å². The highest BCUT2D eigenvalue weighted by Crippen LogP contribution is 2.24. The molecule has 0 spiro atoms. The lowest BCUT2D eigenvalue weighted by atomic mass is 10.1. The molecule has 5 nitrogen and oxygen atoms in total. The van der Waals surface area contributed by atoms with Crippen LogP contribution in [0.2, 0.25) is 0 Å². The average molecular weight is 284 g/mol. The van der Waals surface area contributed by atoms with Crippen LogP contribution in [0.4, 0.5) is 0 Å². The van der Waals surface area contributed by atoms with Crippen LogP contribution in [0.15, 0.2) is 36.4 Å². The topological polar surface area (TPSA) is 62.5 Å². The van der Waals surface area contributed by atoms with Gasteiger partial charge in [0.2, 0.25) is 0 Å². The molecule has 1 aliphatic heterocycles. The van der Waals surface area contributed by atoms with Gasteiger partial charge in [-0.3, -0.25) is 4.79 Å². The highest BCUT2D eigenvalue weighted by molar-refractivity contribution is 6.01. The number of aryl methyl sites for hydroxylation is 2. The standard InChI is InChI=1S/C16H16N2O3/c1-10-5-3-6-12-11(10)9-14(17(12)2)15(19)18-8-4-7-13(18)16(20)21/h3-7,9,13H,8H2,1-2H3,(H,20,21)/t13-/m1/s1. The maximum atomic E-state index is 12.7. The number of carboxylic acid groups (broad SMARTS) is 1. The number of aromatic nitrogens is 1. The number of hydrogen-bond donors (Lipinski definition) is 1. The first-order valence-corrected chi connectivity index (χ1v) is 6.76. The van der Waals surface area contributed by atoms with Gasteiger partial charge in [0, 0.05) is 24.5 Å². The molecule has 0 saturated heterocycles. The quantitative estimate of drug-likeness (QED) is 0.857. The third-order valence-electron chi connectivity index (χ3n) is 3.99. The van der Waals surface area contributed by atoms with Crippen molar-refractivity contribution in [1.29, 1.82) is 0 Å². The van der Waals surface area contributed by atoms with Gasteiger partial charge in [0.25, 0.3) is 5.91 Å². The van der Waals surface area contributed by atoms with E-state index >= 15 is 0 Å². The fourth-order valence-corrected chi connectivity index (χ4v) is 2.81. The molecule has 0 fully saturated rings. The molecule has 1 atom stereocenters. The monoisotopic (exact) mass is 284 g/mol. The van der Waals surface area contributed by atoms with Crippen LogP contribution >= 0.6 is 0 Å². The van der Waals surface area contributed by atoms with Crippen molar-refractivity contribution in [2.75, 3.05) is 6.54 Å². The van der Waals surface area contributed by atoms with Crippen molar-refractivity contribution in [2.45, 2.75) is 13.0 Å². The van der Waals surface area contributed by atoms with Crippen molar-refractivity contribution < 1.29 is 14.7 Å². The van der Waals surface area contributed by atoms with E-state index in [1.807, 2.05) is 42.8 Å². The van der Waals surface area contributed by atoms with E-state index in [-0.39, 0.29) is 5.91 Å². The molecule has 1 aromatic heterocycles. The van der Waals surface area contributed by atoms with Gasteiger partial charge in [0.15, 0.2) is 0 Å². The number of carbonyl (C=O) groups excluding carboxylic acids is 1. The van der Waals surface area contributed by atoms with Gasteiger partial charge in [-0.25, -0.2) is 4.79 Å². The van der Waals surface area contributed by atoms with Gasteiger partial charge in [-0.05, 0) is 24.6 Å². The van der Waals surface area contributed by atoms with Crippen molar-refractivity contribution in [3.63, 3.8) is 0 Å². The Morgan fingerprint density at radius 2 is 2.10 bits per heavy atom. The van der Waals surface area contributed by atoms with Crippen LogP contribution in [0.3, 0.4) is 0 Å². The Kier molecular flexibility index (Phi) is 3.05. The largest absolute Gasteiger partial charge is 0.479 e. The predicted molar refractivity (Wildman–Crippen MR) is 79.3 cm³/mol. The first-order chi connectivity index (χ1) is 10.0. The number of hydrogen-bond acceptors (Lipinski definition) is 2. The summed E-state index contributed by atoms with van der Waals surface area (Å²) < 4.78 is 1.82. The van der Waals surface area contributed by atoms with Crippen molar-refractivity contribution in [3.05, 3.63) is 47.7 Å². The van der Waals surface area contributed by atoms with Crippen molar-refractivity contribution in [2.24, 2.45) is 7.05 Å². The summed E-state index contributed by atoms with van der Waals surface area (Å²) >= 11 is 0. The molecule has 1 amide bonds. The SMILES string of the molecule is Cc1cccc2c1cc(C(=O)N1CC=C[C@@H]1C(=O)O)n2C. The molecule has 1 aliphatic rings. The van der Waals surface area contributed by atoms with Gasteiger partial charge in [-0.2, -0.15) is 0 Å². The van der Waals surface area contributed by atoms with Crippen LogP contribution in [0.5, 0.6) is 0 Å².